The van der Waals surface area contributed by atoms with E-state index in [0.717, 1.165) is 10.9 Å². The lowest BCUT2D eigenvalue weighted by Gasteiger charge is -2.27. The van der Waals surface area contributed by atoms with Gasteiger partial charge >= 0.3 is 5.97 Å². The molecule has 0 saturated carbocycles. The third kappa shape index (κ3) is 8.02. The number of carboxylic acid groups (broad SMARTS) is 1. The molecule has 202 valence electrons. The van der Waals surface area contributed by atoms with E-state index < -0.39 is 72.2 Å². The van der Waals surface area contributed by atoms with E-state index in [-0.39, 0.29) is 6.42 Å². The quantitative estimate of drug-likeness (QED) is 0.155. The number of hydrogen-bond donors (Lipinski definition) is 8. The largest absolute Gasteiger partial charge is 0.480 e. The van der Waals surface area contributed by atoms with Crippen molar-refractivity contribution in [3.05, 3.63) is 36.0 Å². The average molecular weight is 519 g/mol. The fourth-order valence-electron chi connectivity index (χ4n) is 3.67. The van der Waals surface area contributed by atoms with Crippen LogP contribution in [-0.4, -0.2) is 75.1 Å². The lowest BCUT2D eigenvalue weighted by molar-refractivity contribution is -0.143. The normalized spacial score (nSPS) is 15.3. The molecule has 2 aromatic rings. The summed E-state index contributed by atoms with van der Waals surface area (Å²) in [4.78, 5) is 64.6. The molecule has 13 nitrogen and oxygen atoms in total. The number of nitrogens with two attached hydrogens (primary N) is 2. The van der Waals surface area contributed by atoms with Gasteiger partial charge in [-0.05, 0) is 24.5 Å². The highest BCUT2D eigenvalue weighted by atomic mass is 16.4. The number of nitrogens with one attached hydrogen (secondary N) is 4. The molecule has 13 heteroatoms. The van der Waals surface area contributed by atoms with Crippen LogP contribution in [0.1, 0.15) is 32.8 Å². The second kappa shape index (κ2) is 12.8. The number of benzene rings is 1. The van der Waals surface area contributed by atoms with Crippen LogP contribution in [0.4, 0.5) is 0 Å². The summed E-state index contributed by atoms with van der Waals surface area (Å²) in [5, 5.41) is 27.1. The molecule has 1 aromatic heterocycles. The van der Waals surface area contributed by atoms with E-state index in [1.54, 1.807) is 26.1 Å². The summed E-state index contributed by atoms with van der Waals surface area (Å²) in [5.74, 6) is -5.16. The van der Waals surface area contributed by atoms with Crippen LogP contribution >= 0.6 is 0 Å². The summed E-state index contributed by atoms with van der Waals surface area (Å²) >= 11 is 0. The Hall–Kier alpha value is -3.97. The monoisotopic (exact) mass is 518 g/mol. The summed E-state index contributed by atoms with van der Waals surface area (Å²) in [5.41, 5.74) is 12.2. The Morgan fingerprint density at radius 3 is 2.14 bits per heavy atom. The Labute approximate surface area is 213 Å². The molecule has 37 heavy (non-hydrogen) atoms. The summed E-state index contributed by atoms with van der Waals surface area (Å²) in [6.07, 6.45) is -0.166. The van der Waals surface area contributed by atoms with Crippen molar-refractivity contribution in [1.29, 1.82) is 0 Å². The van der Waals surface area contributed by atoms with E-state index in [1.165, 1.54) is 6.92 Å². The number of aromatic amines is 1. The smallest absolute Gasteiger partial charge is 0.326 e. The second-order valence-corrected chi connectivity index (χ2v) is 9.19. The number of amides is 4. The SMILES string of the molecule is CC(C)C(NC(=O)C(N)C(C)O)C(=O)NC(Cc1c[nH]c2ccccc12)C(=O)NC(CC(N)=O)C(=O)O. The number of para-hydroxylation sites is 1. The predicted molar refractivity (Wildman–Crippen MR) is 134 cm³/mol. The number of aromatic nitrogens is 1. The van der Waals surface area contributed by atoms with E-state index in [9.17, 15) is 34.2 Å². The molecule has 2 rings (SSSR count). The van der Waals surface area contributed by atoms with Gasteiger partial charge in [0, 0.05) is 23.5 Å². The standard InChI is InChI=1S/C24H34N6O7/c1-11(2)20(30-22(34)19(26)12(3)31)23(35)28-16(21(33)29-17(24(36)37)9-18(25)32)8-13-10-27-15-7-5-4-6-14(13)15/h4-7,10-12,16-17,19-20,27,31H,8-9,26H2,1-3H3,(H2,25,32)(H,28,35)(H,29,33)(H,30,34)(H,36,37). The molecule has 0 saturated heterocycles. The molecule has 0 fully saturated rings. The summed E-state index contributed by atoms with van der Waals surface area (Å²) < 4.78 is 0. The topological polar surface area (TPSA) is 230 Å². The van der Waals surface area contributed by atoms with Gasteiger partial charge in [-0.15, -0.1) is 0 Å². The summed E-state index contributed by atoms with van der Waals surface area (Å²) in [6, 6.07) is 2.01. The van der Waals surface area contributed by atoms with Crippen LogP contribution in [0, 0.1) is 5.92 Å². The number of carbonyl (C=O) groups is 5. The Morgan fingerprint density at radius 2 is 1.57 bits per heavy atom. The highest BCUT2D eigenvalue weighted by Gasteiger charge is 2.33. The molecule has 0 bridgehead atoms. The first-order chi connectivity index (χ1) is 17.3. The maximum atomic E-state index is 13.2. The number of aliphatic carboxylic acids is 1. The number of aliphatic hydroxyl groups is 1. The number of aliphatic hydroxyl groups excluding tert-OH is 1. The molecule has 0 aliphatic carbocycles. The highest BCUT2D eigenvalue weighted by Crippen LogP contribution is 2.19. The fraction of sp³-hybridized carbons (Fsp3) is 0.458. The fourth-order valence-corrected chi connectivity index (χ4v) is 3.67. The van der Waals surface area contributed by atoms with E-state index in [0.29, 0.717) is 5.56 Å². The number of carboxylic acids is 1. The number of fused-ring (bicyclic) bond motifs is 1. The zero-order valence-corrected chi connectivity index (χ0v) is 20.9. The molecule has 0 radical (unpaired) electrons. The Balaban J connectivity index is 2.33. The van der Waals surface area contributed by atoms with E-state index in [4.69, 9.17) is 11.5 Å². The Bertz CT molecular complexity index is 1150. The minimum atomic E-state index is -1.60. The molecule has 10 N–H and O–H groups in total. The Kier molecular flexibility index (Phi) is 10.1. The summed E-state index contributed by atoms with van der Waals surface area (Å²) in [7, 11) is 0. The number of H-pyrrole nitrogens is 1. The Morgan fingerprint density at radius 1 is 0.946 bits per heavy atom. The molecule has 0 aliphatic heterocycles. The molecule has 4 amide bonds. The van der Waals surface area contributed by atoms with Gasteiger partial charge in [0.15, 0.2) is 0 Å². The van der Waals surface area contributed by atoms with Crippen molar-refractivity contribution >= 4 is 40.5 Å². The van der Waals surface area contributed by atoms with Gasteiger partial charge in [-0.25, -0.2) is 4.79 Å². The van der Waals surface area contributed by atoms with E-state index in [2.05, 4.69) is 20.9 Å². The predicted octanol–water partition coefficient (Wildman–Crippen LogP) is -1.51. The van der Waals surface area contributed by atoms with Crippen molar-refractivity contribution < 1.29 is 34.2 Å². The molecule has 1 aromatic carbocycles. The first kappa shape index (κ1) is 29.3. The highest BCUT2D eigenvalue weighted by molar-refractivity contribution is 5.95. The molecular formula is C24H34N6O7. The lowest BCUT2D eigenvalue weighted by Crippen LogP contribution is -2.59. The number of primary amides is 1. The van der Waals surface area contributed by atoms with E-state index >= 15 is 0 Å². The van der Waals surface area contributed by atoms with Crippen molar-refractivity contribution in [3.63, 3.8) is 0 Å². The molecule has 5 atom stereocenters. The van der Waals surface area contributed by atoms with Crippen molar-refractivity contribution in [2.24, 2.45) is 17.4 Å². The second-order valence-electron chi connectivity index (χ2n) is 9.19. The maximum absolute atomic E-state index is 13.2. The minimum Gasteiger partial charge on any atom is -0.480 e. The zero-order valence-electron chi connectivity index (χ0n) is 20.9. The van der Waals surface area contributed by atoms with Crippen LogP contribution in [0.2, 0.25) is 0 Å². The first-order valence-corrected chi connectivity index (χ1v) is 11.7. The van der Waals surface area contributed by atoms with Crippen LogP contribution in [0.15, 0.2) is 30.5 Å². The number of carbonyl (C=O) groups excluding carboxylic acids is 4. The first-order valence-electron chi connectivity index (χ1n) is 11.7. The molecule has 5 unspecified atom stereocenters. The summed E-state index contributed by atoms with van der Waals surface area (Å²) in [6.45, 7) is 4.67. The van der Waals surface area contributed by atoms with Gasteiger partial charge in [0.25, 0.3) is 0 Å². The van der Waals surface area contributed by atoms with Crippen molar-refractivity contribution in [3.8, 4) is 0 Å². The third-order valence-corrected chi connectivity index (χ3v) is 5.82. The zero-order chi connectivity index (χ0) is 27.9. The van der Waals surface area contributed by atoms with Crippen molar-refractivity contribution in [1.82, 2.24) is 20.9 Å². The van der Waals surface area contributed by atoms with Crippen LogP contribution < -0.4 is 27.4 Å². The van der Waals surface area contributed by atoms with Gasteiger partial charge in [-0.1, -0.05) is 32.0 Å². The molecular weight excluding hydrogens is 484 g/mol. The van der Waals surface area contributed by atoms with Gasteiger partial charge in [0.2, 0.25) is 23.6 Å². The molecule has 1 heterocycles. The lowest BCUT2D eigenvalue weighted by atomic mass is 9.99. The third-order valence-electron chi connectivity index (χ3n) is 5.82. The number of hydrogen-bond acceptors (Lipinski definition) is 7. The van der Waals surface area contributed by atoms with E-state index in [1.807, 2.05) is 18.2 Å². The van der Waals surface area contributed by atoms with Gasteiger partial charge in [-0.3, -0.25) is 19.2 Å². The van der Waals surface area contributed by atoms with Gasteiger partial charge in [0.05, 0.1) is 12.5 Å². The van der Waals surface area contributed by atoms with Crippen LogP contribution in [0.3, 0.4) is 0 Å². The van der Waals surface area contributed by atoms with Crippen LogP contribution in [0.5, 0.6) is 0 Å². The van der Waals surface area contributed by atoms with Crippen LogP contribution in [-0.2, 0) is 30.4 Å². The van der Waals surface area contributed by atoms with Gasteiger partial charge in [-0.2, -0.15) is 0 Å². The van der Waals surface area contributed by atoms with Crippen molar-refractivity contribution in [2.45, 2.75) is 63.9 Å². The molecule has 0 aliphatic rings. The van der Waals surface area contributed by atoms with Crippen molar-refractivity contribution in [2.75, 3.05) is 0 Å². The average Bonchev–Trinajstić information content (AvgIpc) is 3.22. The molecule has 0 spiro atoms. The van der Waals surface area contributed by atoms with Gasteiger partial charge < -0.3 is 42.6 Å². The van der Waals surface area contributed by atoms with Crippen LogP contribution in [0.25, 0.3) is 10.9 Å². The van der Waals surface area contributed by atoms with Gasteiger partial charge in [0.1, 0.15) is 24.2 Å². The number of rotatable bonds is 13. The maximum Gasteiger partial charge on any atom is 0.326 e. The minimum absolute atomic E-state index is 0.0313.